The maximum atomic E-state index is 13.4. The minimum Gasteiger partial charge on any atom is -0.497 e. The summed E-state index contributed by atoms with van der Waals surface area (Å²) in [5, 5.41) is 3.34. The Hall–Kier alpha value is -3.79. The zero-order valence-corrected chi connectivity index (χ0v) is 16.7. The van der Waals surface area contributed by atoms with Crippen molar-refractivity contribution < 1.29 is 4.74 Å². The number of H-pyrrole nitrogens is 1. The summed E-state index contributed by atoms with van der Waals surface area (Å²) >= 11 is 0. The average Bonchev–Trinajstić information content (AvgIpc) is 3.16. The van der Waals surface area contributed by atoms with E-state index in [1.54, 1.807) is 11.8 Å². The van der Waals surface area contributed by atoms with Gasteiger partial charge in [0.1, 0.15) is 5.75 Å². The van der Waals surface area contributed by atoms with Crippen molar-refractivity contribution in [3.8, 4) is 11.4 Å². The Labute approximate surface area is 175 Å². The predicted molar refractivity (Wildman–Crippen MR) is 120 cm³/mol. The van der Waals surface area contributed by atoms with Crippen LogP contribution in [-0.2, 0) is 0 Å². The zero-order chi connectivity index (χ0) is 20.5. The first-order valence-electron chi connectivity index (χ1n) is 10.0. The first-order chi connectivity index (χ1) is 14.7. The summed E-state index contributed by atoms with van der Waals surface area (Å²) in [6.45, 7) is 0. The predicted octanol–water partition coefficient (Wildman–Crippen LogP) is 5.25. The molecule has 1 aliphatic rings. The quantitative estimate of drug-likeness (QED) is 0.514. The van der Waals surface area contributed by atoms with Gasteiger partial charge in [-0.15, -0.1) is 0 Å². The fourth-order valence-electron chi connectivity index (χ4n) is 4.20. The number of methoxy groups -OCH3 is 1. The maximum absolute atomic E-state index is 13.4. The molecule has 0 bridgehead atoms. The Balaban J connectivity index is 1.68. The maximum Gasteiger partial charge on any atom is 0.275 e. The molecule has 4 nitrogen and oxygen atoms in total. The standard InChI is InChI=1S/C26H22N2O2/c1-30-22-14-12-19(13-15-22)23-16-20(18-8-4-2-5-9-18)17-24-25(23)26(29)28(27-24)21-10-6-3-7-11-21/h2-15,17,23,27H,16H2,1H3. The van der Waals surface area contributed by atoms with E-state index in [1.807, 2.05) is 60.7 Å². The van der Waals surface area contributed by atoms with Crippen LogP contribution in [0.3, 0.4) is 0 Å². The van der Waals surface area contributed by atoms with E-state index < -0.39 is 0 Å². The highest BCUT2D eigenvalue weighted by Crippen LogP contribution is 2.40. The summed E-state index contributed by atoms with van der Waals surface area (Å²) in [6.07, 6.45) is 2.89. The second-order valence-corrected chi connectivity index (χ2v) is 7.48. The molecule has 30 heavy (non-hydrogen) atoms. The van der Waals surface area contributed by atoms with E-state index in [9.17, 15) is 4.79 Å². The Morgan fingerprint density at radius 2 is 1.57 bits per heavy atom. The molecule has 0 saturated heterocycles. The number of fused-ring (bicyclic) bond motifs is 1. The molecule has 1 aromatic heterocycles. The fourth-order valence-corrected chi connectivity index (χ4v) is 4.20. The van der Waals surface area contributed by atoms with Gasteiger partial charge in [0.2, 0.25) is 0 Å². The Morgan fingerprint density at radius 3 is 2.23 bits per heavy atom. The molecule has 0 saturated carbocycles. The third kappa shape index (κ3) is 3.16. The fraction of sp³-hybridized carbons (Fsp3) is 0.115. The Kier molecular flexibility index (Phi) is 4.60. The minimum atomic E-state index is -0.0279. The SMILES string of the molecule is COc1ccc(C2CC(c3ccccc3)=Cc3[nH]n(-c4ccccc4)c(=O)c32)cc1. The van der Waals surface area contributed by atoms with Crippen molar-refractivity contribution >= 4 is 11.6 Å². The molecular weight excluding hydrogens is 372 g/mol. The van der Waals surface area contributed by atoms with Gasteiger partial charge in [-0.2, -0.15) is 0 Å². The van der Waals surface area contributed by atoms with Crippen molar-refractivity contribution in [1.29, 1.82) is 0 Å². The van der Waals surface area contributed by atoms with Crippen LogP contribution in [0, 0.1) is 0 Å². The molecule has 3 aromatic carbocycles. The molecule has 4 aromatic rings. The molecule has 1 unspecified atom stereocenters. The van der Waals surface area contributed by atoms with Crippen LogP contribution >= 0.6 is 0 Å². The van der Waals surface area contributed by atoms with Gasteiger partial charge in [-0.05, 0) is 53.5 Å². The molecule has 4 heteroatoms. The second-order valence-electron chi connectivity index (χ2n) is 7.48. The number of hydrogen-bond acceptors (Lipinski definition) is 2. The number of ether oxygens (including phenoxy) is 1. The molecule has 0 aliphatic heterocycles. The normalized spacial score (nSPS) is 15.4. The van der Waals surface area contributed by atoms with E-state index in [4.69, 9.17) is 4.74 Å². The molecular formula is C26H22N2O2. The van der Waals surface area contributed by atoms with E-state index in [0.717, 1.165) is 34.7 Å². The van der Waals surface area contributed by atoms with Crippen LogP contribution < -0.4 is 10.3 Å². The molecule has 148 valence electrons. The first kappa shape index (κ1) is 18.3. The van der Waals surface area contributed by atoms with Gasteiger partial charge in [-0.1, -0.05) is 60.7 Å². The van der Waals surface area contributed by atoms with Gasteiger partial charge in [-0.25, -0.2) is 4.68 Å². The lowest BCUT2D eigenvalue weighted by Gasteiger charge is -2.23. The van der Waals surface area contributed by atoms with E-state index >= 15 is 0 Å². The molecule has 1 aliphatic carbocycles. The molecule has 5 rings (SSSR count). The highest BCUT2D eigenvalue weighted by Gasteiger charge is 2.29. The molecule has 0 fully saturated rings. The van der Waals surface area contributed by atoms with Crippen LogP contribution in [0.4, 0.5) is 0 Å². The molecule has 0 radical (unpaired) electrons. The summed E-state index contributed by atoms with van der Waals surface area (Å²) in [5.41, 5.74) is 6.01. The molecule has 0 amide bonds. The summed E-state index contributed by atoms with van der Waals surface area (Å²) in [4.78, 5) is 13.4. The van der Waals surface area contributed by atoms with Crippen molar-refractivity contribution in [3.63, 3.8) is 0 Å². The molecule has 1 heterocycles. The number of allylic oxidation sites excluding steroid dienone is 1. The monoisotopic (exact) mass is 394 g/mol. The number of para-hydroxylation sites is 1. The number of hydrogen-bond donors (Lipinski definition) is 1. The number of aromatic nitrogens is 2. The molecule has 1 atom stereocenters. The summed E-state index contributed by atoms with van der Waals surface area (Å²) in [5.74, 6) is 0.782. The van der Waals surface area contributed by atoms with Crippen LogP contribution in [0.5, 0.6) is 5.75 Å². The van der Waals surface area contributed by atoms with Crippen molar-refractivity contribution in [1.82, 2.24) is 9.78 Å². The summed E-state index contributed by atoms with van der Waals surface area (Å²) < 4.78 is 6.96. The van der Waals surface area contributed by atoms with Crippen molar-refractivity contribution in [2.45, 2.75) is 12.3 Å². The van der Waals surface area contributed by atoms with Crippen LogP contribution in [0.1, 0.15) is 34.7 Å². The van der Waals surface area contributed by atoms with Gasteiger partial charge >= 0.3 is 0 Å². The number of benzene rings is 3. The van der Waals surface area contributed by atoms with Crippen molar-refractivity contribution in [3.05, 3.63) is 118 Å². The van der Waals surface area contributed by atoms with Crippen molar-refractivity contribution in [2.75, 3.05) is 7.11 Å². The summed E-state index contributed by atoms with van der Waals surface area (Å²) in [7, 11) is 1.66. The third-order valence-electron chi connectivity index (χ3n) is 5.72. The highest BCUT2D eigenvalue weighted by molar-refractivity contribution is 5.84. The van der Waals surface area contributed by atoms with Gasteiger partial charge in [0, 0.05) is 5.92 Å². The van der Waals surface area contributed by atoms with Crippen LogP contribution in [0.2, 0.25) is 0 Å². The lowest BCUT2D eigenvalue weighted by Crippen LogP contribution is -2.21. The van der Waals surface area contributed by atoms with Crippen LogP contribution in [0.15, 0.2) is 89.7 Å². The number of aromatic amines is 1. The van der Waals surface area contributed by atoms with E-state index in [0.29, 0.717) is 0 Å². The molecule has 1 N–H and O–H groups in total. The van der Waals surface area contributed by atoms with Gasteiger partial charge < -0.3 is 4.74 Å². The zero-order valence-electron chi connectivity index (χ0n) is 16.7. The van der Waals surface area contributed by atoms with Crippen molar-refractivity contribution in [2.24, 2.45) is 0 Å². The highest BCUT2D eigenvalue weighted by atomic mass is 16.5. The Bertz CT molecular complexity index is 1250. The smallest absolute Gasteiger partial charge is 0.275 e. The largest absolute Gasteiger partial charge is 0.497 e. The average molecular weight is 394 g/mol. The second kappa shape index (κ2) is 7.56. The lowest BCUT2D eigenvalue weighted by molar-refractivity contribution is 0.414. The van der Waals surface area contributed by atoms with Gasteiger partial charge in [0.25, 0.3) is 5.56 Å². The lowest BCUT2D eigenvalue weighted by atomic mass is 9.80. The van der Waals surface area contributed by atoms with Crippen LogP contribution in [-0.4, -0.2) is 16.9 Å². The number of nitrogens with one attached hydrogen (secondary N) is 1. The van der Waals surface area contributed by atoms with Gasteiger partial charge in [0.05, 0.1) is 24.1 Å². The molecule has 0 spiro atoms. The summed E-state index contributed by atoms with van der Waals surface area (Å²) in [6, 6.07) is 28.1. The minimum absolute atomic E-state index is 0.000352. The third-order valence-corrected chi connectivity index (χ3v) is 5.72. The van der Waals surface area contributed by atoms with E-state index in [-0.39, 0.29) is 11.5 Å². The number of nitrogens with zero attached hydrogens (tertiary/aromatic N) is 1. The van der Waals surface area contributed by atoms with E-state index in [1.165, 1.54) is 11.1 Å². The van der Waals surface area contributed by atoms with E-state index in [2.05, 4.69) is 35.4 Å². The first-order valence-corrected chi connectivity index (χ1v) is 10.0. The van der Waals surface area contributed by atoms with Gasteiger partial charge in [0.15, 0.2) is 0 Å². The van der Waals surface area contributed by atoms with Gasteiger partial charge in [-0.3, -0.25) is 9.89 Å². The topological polar surface area (TPSA) is 47.0 Å². The number of rotatable bonds is 4. The Morgan fingerprint density at radius 1 is 0.900 bits per heavy atom. The van der Waals surface area contributed by atoms with Crippen LogP contribution in [0.25, 0.3) is 17.3 Å².